The van der Waals surface area contributed by atoms with Crippen molar-refractivity contribution in [1.29, 1.82) is 0 Å². The summed E-state index contributed by atoms with van der Waals surface area (Å²) < 4.78 is 38.5. The van der Waals surface area contributed by atoms with Gasteiger partial charge < -0.3 is 33.2 Å². The second kappa shape index (κ2) is 28.8. The first-order chi connectivity index (χ1) is 15.8. The van der Waals surface area contributed by atoms with Crippen LogP contribution >= 0.6 is 0 Å². The van der Waals surface area contributed by atoms with Gasteiger partial charge in [-0.3, -0.25) is 0 Å². The van der Waals surface area contributed by atoms with E-state index < -0.39 is 0 Å². The highest BCUT2D eigenvalue weighted by atomic mass is 16.6. The van der Waals surface area contributed by atoms with E-state index in [2.05, 4.69) is 20.8 Å². The van der Waals surface area contributed by atoms with Crippen LogP contribution in [0.1, 0.15) is 65.7 Å². The fraction of sp³-hybridized carbons (Fsp3) is 1.00. The number of unbranched alkanes of at least 4 members (excludes halogenated alkanes) is 5. The molecule has 0 saturated heterocycles. The summed E-state index contributed by atoms with van der Waals surface area (Å²) in [5.41, 5.74) is 0. The Balaban J connectivity index is 3.01. The molecule has 7 heteroatoms. The molecule has 0 rings (SSSR count). The summed E-state index contributed by atoms with van der Waals surface area (Å²) in [6.45, 7) is 15.4. The van der Waals surface area contributed by atoms with Gasteiger partial charge in [-0.1, -0.05) is 59.3 Å². The van der Waals surface area contributed by atoms with Crippen LogP contribution in [0.4, 0.5) is 0 Å². The standard InChI is InChI=1S/C25H52O7/c1-4-6-7-8-9-10-11-26-12-13-27-14-15-28-16-17-29-18-19-30-20-21-31-22-23-32-24-25(3)5-2/h25H,4-24H2,1-3H3. The van der Waals surface area contributed by atoms with Gasteiger partial charge in [-0.15, -0.1) is 0 Å². The highest BCUT2D eigenvalue weighted by molar-refractivity contribution is 4.46. The molecule has 0 N–H and O–H groups in total. The van der Waals surface area contributed by atoms with Crippen LogP contribution in [0, 0.1) is 5.92 Å². The average Bonchev–Trinajstić information content (AvgIpc) is 2.81. The van der Waals surface area contributed by atoms with E-state index in [0.29, 0.717) is 85.2 Å². The van der Waals surface area contributed by atoms with Crippen molar-refractivity contribution in [3.8, 4) is 0 Å². The van der Waals surface area contributed by atoms with E-state index in [9.17, 15) is 0 Å². The van der Waals surface area contributed by atoms with Crippen molar-refractivity contribution >= 4 is 0 Å². The van der Waals surface area contributed by atoms with Crippen LogP contribution in [0.15, 0.2) is 0 Å². The molecular formula is C25H52O7. The third-order valence-electron chi connectivity index (χ3n) is 4.97. The molecule has 1 unspecified atom stereocenters. The second-order valence-electron chi connectivity index (χ2n) is 8.03. The molecule has 0 bridgehead atoms. The molecule has 0 aromatic heterocycles. The molecule has 0 amide bonds. The minimum absolute atomic E-state index is 0.563. The van der Waals surface area contributed by atoms with Crippen LogP contribution < -0.4 is 0 Å². The topological polar surface area (TPSA) is 64.6 Å². The quantitative estimate of drug-likeness (QED) is 0.158. The highest BCUT2D eigenvalue weighted by Gasteiger charge is 1.98. The van der Waals surface area contributed by atoms with Crippen LogP contribution in [-0.4, -0.2) is 92.5 Å². The van der Waals surface area contributed by atoms with E-state index in [4.69, 9.17) is 33.2 Å². The van der Waals surface area contributed by atoms with Gasteiger partial charge in [0.15, 0.2) is 0 Å². The van der Waals surface area contributed by atoms with Gasteiger partial charge in [-0.05, 0) is 12.3 Å². The summed E-state index contributed by atoms with van der Waals surface area (Å²) >= 11 is 0. The van der Waals surface area contributed by atoms with Crippen LogP contribution in [0.25, 0.3) is 0 Å². The molecular weight excluding hydrogens is 412 g/mol. The summed E-state index contributed by atoms with van der Waals surface area (Å²) in [7, 11) is 0. The highest BCUT2D eigenvalue weighted by Crippen LogP contribution is 2.04. The van der Waals surface area contributed by atoms with E-state index in [1.165, 1.54) is 32.1 Å². The molecule has 0 heterocycles. The lowest BCUT2D eigenvalue weighted by Gasteiger charge is -2.10. The number of ether oxygens (including phenoxy) is 7. The normalized spacial score (nSPS) is 12.5. The zero-order chi connectivity index (χ0) is 23.4. The lowest BCUT2D eigenvalue weighted by Crippen LogP contribution is -2.15. The van der Waals surface area contributed by atoms with E-state index >= 15 is 0 Å². The maximum atomic E-state index is 5.57. The van der Waals surface area contributed by atoms with Gasteiger partial charge in [0.1, 0.15) is 0 Å². The third-order valence-corrected chi connectivity index (χ3v) is 4.97. The predicted molar refractivity (Wildman–Crippen MR) is 129 cm³/mol. The van der Waals surface area contributed by atoms with E-state index in [-0.39, 0.29) is 0 Å². The van der Waals surface area contributed by atoms with Gasteiger partial charge >= 0.3 is 0 Å². The molecule has 0 aliphatic rings. The Morgan fingerprint density at radius 3 is 1.16 bits per heavy atom. The lowest BCUT2D eigenvalue weighted by atomic mass is 10.1. The van der Waals surface area contributed by atoms with Crippen LogP contribution in [0.2, 0.25) is 0 Å². The molecule has 0 radical (unpaired) electrons. The Kier molecular flexibility index (Phi) is 28.5. The molecule has 194 valence electrons. The lowest BCUT2D eigenvalue weighted by molar-refractivity contribution is -0.0215. The average molecular weight is 465 g/mol. The Bertz CT molecular complexity index is 331. The fourth-order valence-corrected chi connectivity index (χ4v) is 2.71. The first-order valence-corrected chi connectivity index (χ1v) is 12.8. The smallest absolute Gasteiger partial charge is 0.0701 e. The third kappa shape index (κ3) is 27.8. The van der Waals surface area contributed by atoms with E-state index in [1.807, 2.05) is 0 Å². The molecule has 32 heavy (non-hydrogen) atoms. The zero-order valence-electron chi connectivity index (χ0n) is 21.3. The Labute approximate surface area is 197 Å². The maximum absolute atomic E-state index is 5.57. The number of hydrogen-bond donors (Lipinski definition) is 0. The monoisotopic (exact) mass is 464 g/mol. The Morgan fingerprint density at radius 2 is 0.750 bits per heavy atom. The molecule has 0 aromatic carbocycles. The van der Waals surface area contributed by atoms with Gasteiger partial charge in [-0.2, -0.15) is 0 Å². The van der Waals surface area contributed by atoms with E-state index in [1.54, 1.807) is 0 Å². The van der Waals surface area contributed by atoms with Gasteiger partial charge in [0.2, 0.25) is 0 Å². The molecule has 0 aliphatic carbocycles. The van der Waals surface area contributed by atoms with Crippen LogP contribution in [0.3, 0.4) is 0 Å². The maximum Gasteiger partial charge on any atom is 0.0701 e. The SMILES string of the molecule is CCCCCCCCOCCOCCOCCOCCOCCOCCOCC(C)CC. The number of hydrogen-bond acceptors (Lipinski definition) is 7. The molecule has 7 nitrogen and oxygen atoms in total. The van der Waals surface area contributed by atoms with Gasteiger partial charge in [0.25, 0.3) is 0 Å². The number of rotatable bonds is 28. The minimum Gasteiger partial charge on any atom is -0.379 e. The largest absolute Gasteiger partial charge is 0.379 e. The van der Waals surface area contributed by atoms with Crippen molar-refractivity contribution < 1.29 is 33.2 Å². The Morgan fingerprint density at radius 1 is 0.406 bits per heavy atom. The molecule has 0 saturated carbocycles. The van der Waals surface area contributed by atoms with Crippen molar-refractivity contribution in [2.75, 3.05) is 92.5 Å². The van der Waals surface area contributed by atoms with Crippen molar-refractivity contribution in [3.05, 3.63) is 0 Å². The zero-order valence-corrected chi connectivity index (χ0v) is 21.3. The molecule has 0 spiro atoms. The van der Waals surface area contributed by atoms with Crippen LogP contribution in [0.5, 0.6) is 0 Å². The molecule has 0 aromatic rings. The van der Waals surface area contributed by atoms with Gasteiger partial charge in [0.05, 0.1) is 79.3 Å². The van der Waals surface area contributed by atoms with Crippen molar-refractivity contribution in [3.63, 3.8) is 0 Å². The first kappa shape index (κ1) is 31.7. The summed E-state index contributed by atoms with van der Waals surface area (Å²) in [4.78, 5) is 0. The van der Waals surface area contributed by atoms with Crippen molar-refractivity contribution in [2.24, 2.45) is 5.92 Å². The fourth-order valence-electron chi connectivity index (χ4n) is 2.71. The molecule has 1 atom stereocenters. The van der Waals surface area contributed by atoms with Crippen molar-refractivity contribution in [2.45, 2.75) is 65.7 Å². The van der Waals surface area contributed by atoms with Gasteiger partial charge in [-0.25, -0.2) is 0 Å². The van der Waals surface area contributed by atoms with Gasteiger partial charge in [0, 0.05) is 13.2 Å². The predicted octanol–water partition coefficient (Wildman–Crippen LogP) is 4.51. The molecule has 0 fully saturated rings. The minimum atomic E-state index is 0.563. The first-order valence-electron chi connectivity index (χ1n) is 12.8. The summed E-state index contributed by atoms with van der Waals surface area (Å²) in [5.74, 6) is 0.613. The Hall–Kier alpha value is -0.280. The van der Waals surface area contributed by atoms with Crippen LogP contribution in [-0.2, 0) is 33.2 Å². The summed E-state index contributed by atoms with van der Waals surface area (Å²) in [6.07, 6.45) is 8.89. The molecule has 0 aliphatic heterocycles. The second-order valence-corrected chi connectivity index (χ2v) is 8.03. The summed E-state index contributed by atoms with van der Waals surface area (Å²) in [6, 6.07) is 0. The van der Waals surface area contributed by atoms with E-state index in [0.717, 1.165) is 26.1 Å². The summed E-state index contributed by atoms with van der Waals surface area (Å²) in [5, 5.41) is 0. The van der Waals surface area contributed by atoms with Crippen molar-refractivity contribution in [1.82, 2.24) is 0 Å².